The van der Waals surface area contributed by atoms with E-state index in [9.17, 15) is 22.8 Å². The minimum Gasteiger partial charge on any atom is -0.489 e. The Bertz CT molecular complexity index is 1170. The molecule has 2 amide bonds. The summed E-state index contributed by atoms with van der Waals surface area (Å²) in [5.74, 6) is -0.681. The smallest absolute Gasteiger partial charge is 0.489 e. The summed E-state index contributed by atoms with van der Waals surface area (Å²) in [6.45, 7) is 7.52. The zero-order valence-corrected chi connectivity index (χ0v) is 21.7. The Hall–Kier alpha value is -3.31. The summed E-state index contributed by atoms with van der Waals surface area (Å²) in [5, 5.41) is 8.65. The normalized spacial score (nSPS) is 15.0. The number of nitrogens with one attached hydrogen (secondary N) is 3. The van der Waals surface area contributed by atoms with Crippen molar-refractivity contribution in [2.75, 3.05) is 11.9 Å². The van der Waals surface area contributed by atoms with Gasteiger partial charge in [-0.15, -0.1) is 25.6 Å². The minimum atomic E-state index is -4.87. The number of hydrogen-bond donors (Lipinski definition) is 3. The lowest BCUT2D eigenvalue weighted by molar-refractivity contribution is -0.275. The molecule has 0 unspecified atom stereocenters. The van der Waals surface area contributed by atoms with Crippen LogP contribution in [0.4, 0.5) is 19.0 Å². The summed E-state index contributed by atoms with van der Waals surface area (Å²) in [6, 6.07) is 5.95. The van der Waals surface area contributed by atoms with Crippen LogP contribution in [0.5, 0.6) is 11.5 Å². The van der Waals surface area contributed by atoms with Crippen LogP contribution in [0.25, 0.3) is 6.08 Å². The number of fused-ring (bicyclic) bond motifs is 1. The van der Waals surface area contributed by atoms with Crippen molar-refractivity contribution in [3.05, 3.63) is 52.7 Å². The molecule has 12 heteroatoms. The van der Waals surface area contributed by atoms with Crippen molar-refractivity contribution < 1.29 is 32.2 Å². The van der Waals surface area contributed by atoms with Crippen molar-refractivity contribution in [3.8, 4) is 11.5 Å². The molecule has 0 spiro atoms. The average molecular weight is 543 g/mol. The van der Waals surface area contributed by atoms with Gasteiger partial charge in [-0.3, -0.25) is 14.9 Å². The molecule has 1 aromatic carbocycles. The van der Waals surface area contributed by atoms with Gasteiger partial charge < -0.3 is 20.1 Å². The number of aromatic nitrogens is 1. The number of amides is 2. The zero-order chi connectivity index (χ0) is 26.5. The second-order valence-electron chi connectivity index (χ2n) is 8.86. The predicted octanol–water partition coefficient (Wildman–Crippen LogP) is 4.73. The van der Waals surface area contributed by atoms with E-state index in [2.05, 4.69) is 25.7 Å². The van der Waals surface area contributed by atoms with Crippen LogP contribution in [-0.2, 0) is 22.7 Å². The zero-order valence-electron chi connectivity index (χ0n) is 20.9. The molecule has 1 aliphatic rings. The molecule has 0 bridgehead atoms. The number of benzene rings is 1. The Labute approximate surface area is 219 Å². The highest BCUT2D eigenvalue weighted by molar-refractivity contribution is 5.99. The van der Waals surface area contributed by atoms with Gasteiger partial charge in [0, 0.05) is 36.0 Å². The number of halogens is 4. The summed E-state index contributed by atoms with van der Waals surface area (Å²) in [6.07, 6.45) is -1.11. The molecular weight excluding hydrogens is 513 g/mol. The molecule has 37 heavy (non-hydrogen) atoms. The standard InChI is InChI=1S/C25H29F3N4O4.ClH/c1-5-9-35-20-17(7-6-8-19(20)36-25(26,27)28)13-30-22(33)15(2)10-16-11-18-14-31-24(3,4)23(34)32-21(18)29-12-16;/h6-8,10-12,31H,5,9,13-14H2,1-4H3,(H,30,33)(H,29,32,34);1H. The number of nitrogens with zero attached hydrogens (tertiary/aromatic N) is 1. The van der Waals surface area contributed by atoms with Crippen molar-refractivity contribution >= 4 is 36.1 Å². The SMILES string of the molecule is CCCOc1c(CNC(=O)C(C)=Cc2cnc3c(c2)CNC(C)(C)C(=O)N3)cccc1OC(F)(F)F.Cl. The molecule has 3 rings (SSSR count). The second kappa shape index (κ2) is 12.3. The van der Waals surface area contributed by atoms with Crippen LogP contribution in [0, 0.1) is 0 Å². The van der Waals surface area contributed by atoms with Gasteiger partial charge in [-0.1, -0.05) is 19.1 Å². The van der Waals surface area contributed by atoms with E-state index >= 15 is 0 Å². The van der Waals surface area contributed by atoms with Crippen LogP contribution in [0.15, 0.2) is 36.0 Å². The van der Waals surface area contributed by atoms with Gasteiger partial charge in [-0.25, -0.2) is 4.98 Å². The maximum Gasteiger partial charge on any atom is 0.573 e. The van der Waals surface area contributed by atoms with Gasteiger partial charge >= 0.3 is 6.36 Å². The quantitative estimate of drug-likeness (QED) is 0.417. The maximum atomic E-state index is 12.8. The third kappa shape index (κ3) is 8.09. The van der Waals surface area contributed by atoms with Gasteiger partial charge in [-0.05, 0) is 51.0 Å². The molecule has 2 heterocycles. The maximum absolute atomic E-state index is 12.8. The molecule has 0 aliphatic carbocycles. The molecule has 202 valence electrons. The number of carbonyl (C=O) groups is 2. The van der Waals surface area contributed by atoms with E-state index in [0.29, 0.717) is 35.5 Å². The number of carbonyl (C=O) groups excluding carboxylic acids is 2. The van der Waals surface area contributed by atoms with Crippen molar-refractivity contribution in [2.45, 2.75) is 59.1 Å². The molecule has 8 nitrogen and oxygen atoms in total. The second-order valence-corrected chi connectivity index (χ2v) is 8.86. The molecular formula is C25H30ClF3N4O4. The molecule has 0 fully saturated rings. The first-order valence-electron chi connectivity index (χ1n) is 11.4. The van der Waals surface area contributed by atoms with Crippen LogP contribution in [0.3, 0.4) is 0 Å². The summed E-state index contributed by atoms with van der Waals surface area (Å²) in [5.41, 5.74) is 1.39. The minimum absolute atomic E-state index is 0. The Morgan fingerprint density at radius 2 is 2.03 bits per heavy atom. The molecule has 2 aromatic rings. The molecule has 0 saturated heterocycles. The Morgan fingerprint density at radius 1 is 1.30 bits per heavy atom. The van der Waals surface area contributed by atoms with E-state index in [0.717, 1.165) is 5.56 Å². The fourth-order valence-electron chi connectivity index (χ4n) is 3.42. The number of para-hydroxylation sites is 1. The third-order valence-corrected chi connectivity index (χ3v) is 5.43. The van der Waals surface area contributed by atoms with E-state index in [1.165, 1.54) is 12.1 Å². The number of hydrogen-bond acceptors (Lipinski definition) is 6. The summed E-state index contributed by atoms with van der Waals surface area (Å²) in [4.78, 5) is 29.3. The molecule has 0 atom stereocenters. The van der Waals surface area contributed by atoms with Crippen LogP contribution in [0.2, 0.25) is 0 Å². The van der Waals surface area contributed by atoms with E-state index in [1.807, 2.05) is 13.0 Å². The van der Waals surface area contributed by atoms with E-state index in [-0.39, 0.29) is 37.2 Å². The number of ether oxygens (including phenoxy) is 2. The lowest BCUT2D eigenvalue weighted by Crippen LogP contribution is -2.47. The van der Waals surface area contributed by atoms with Crippen LogP contribution >= 0.6 is 12.4 Å². The van der Waals surface area contributed by atoms with Crippen LogP contribution in [-0.4, -0.2) is 35.3 Å². The first kappa shape index (κ1) is 29.9. The summed E-state index contributed by atoms with van der Waals surface area (Å²) in [7, 11) is 0. The Kier molecular flexibility index (Phi) is 9.93. The molecule has 0 radical (unpaired) electrons. The van der Waals surface area contributed by atoms with Crippen molar-refractivity contribution in [1.82, 2.24) is 15.6 Å². The van der Waals surface area contributed by atoms with Crippen LogP contribution in [0.1, 0.15) is 50.8 Å². The van der Waals surface area contributed by atoms with Gasteiger partial charge in [0.25, 0.3) is 0 Å². The molecule has 0 saturated carbocycles. The highest BCUT2D eigenvalue weighted by Gasteiger charge is 2.33. The van der Waals surface area contributed by atoms with Crippen molar-refractivity contribution in [2.24, 2.45) is 0 Å². The fraction of sp³-hybridized carbons (Fsp3) is 0.400. The fourth-order valence-corrected chi connectivity index (χ4v) is 3.42. The number of rotatable bonds is 8. The Balaban J connectivity index is 0.00000481. The molecule has 1 aromatic heterocycles. The Morgan fingerprint density at radius 3 is 2.70 bits per heavy atom. The van der Waals surface area contributed by atoms with Crippen molar-refractivity contribution in [1.29, 1.82) is 0 Å². The van der Waals surface area contributed by atoms with E-state index in [4.69, 9.17) is 4.74 Å². The lowest BCUT2D eigenvalue weighted by atomic mass is 10.1. The van der Waals surface area contributed by atoms with E-state index in [1.54, 1.807) is 39.1 Å². The van der Waals surface area contributed by atoms with Gasteiger partial charge in [0.2, 0.25) is 11.8 Å². The first-order valence-corrected chi connectivity index (χ1v) is 11.4. The van der Waals surface area contributed by atoms with Crippen molar-refractivity contribution in [3.63, 3.8) is 0 Å². The summed E-state index contributed by atoms with van der Waals surface area (Å²) >= 11 is 0. The topological polar surface area (TPSA) is 102 Å². The van der Waals surface area contributed by atoms with Gasteiger partial charge in [0.15, 0.2) is 11.5 Å². The number of anilines is 1. The third-order valence-electron chi connectivity index (χ3n) is 5.43. The largest absolute Gasteiger partial charge is 0.573 e. The average Bonchev–Trinajstić information content (AvgIpc) is 2.91. The van der Waals surface area contributed by atoms with Gasteiger partial charge in [-0.2, -0.15) is 0 Å². The van der Waals surface area contributed by atoms with Crippen LogP contribution < -0.4 is 25.4 Å². The first-order chi connectivity index (χ1) is 16.9. The lowest BCUT2D eigenvalue weighted by Gasteiger charge is -2.21. The number of pyridine rings is 1. The van der Waals surface area contributed by atoms with Gasteiger partial charge in [0.05, 0.1) is 12.1 Å². The number of alkyl halides is 3. The predicted molar refractivity (Wildman–Crippen MR) is 135 cm³/mol. The highest BCUT2D eigenvalue weighted by atomic mass is 35.5. The summed E-state index contributed by atoms with van der Waals surface area (Å²) < 4.78 is 48.0. The van der Waals surface area contributed by atoms with Gasteiger partial charge in [0.1, 0.15) is 5.82 Å². The molecule has 1 aliphatic heterocycles. The molecule has 3 N–H and O–H groups in total. The monoisotopic (exact) mass is 542 g/mol. The highest BCUT2D eigenvalue weighted by Crippen LogP contribution is 2.35. The van der Waals surface area contributed by atoms with E-state index < -0.39 is 23.6 Å².